The van der Waals surface area contributed by atoms with Crippen molar-refractivity contribution < 1.29 is 13.9 Å². The van der Waals surface area contributed by atoms with Crippen LogP contribution in [0.15, 0.2) is 22.6 Å². The van der Waals surface area contributed by atoms with Crippen LogP contribution in [0.25, 0.3) is 11.0 Å². The fraction of sp³-hybridized carbons (Fsp3) is 0.526. The third-order valence-corrected chi connectivity index (χ3v) is 4.85. The van der Waals surface area contributed by atoms with Crippen LogP contribution in [0.2, 0.25) is 0 Å². The maximum atomic E-state index is 12.7. The van der Waals surface area contributed by atoms with E-state index in [4.69, 9.17) is 9.15 Å². The summed E-state index contributed by atoms with van der Waals surface area (Å²) in [4.78, 5) is 12.7. The van der Waals surface area contributed by atoms with Crippen LogP contribution in [0.1, 0.15) is 56.2 Å². The first-order chi connectivity index (χ1) is 11.5. The van der Waals surface area contributed by atoms with Gasteiger partial charge in [0.2, 0.25) is 0 Å². The summed E-state index contributed by atoms with van der Waals surface area (Å²) in [7, 11) is 0. The number of rotatable bonds is 4. The normalized spacial score (nSPS) is 21.8. The van der Waals surface area contributed by atoms with Gasteiger partial charge in [-0.3, -0.25) is 10.2 Å². The molecule has 1 amide bonds. The summed E-state index contributed by atoms with van der Waals surface area (Å²) in [5, 5.41) is 2.98. The lowest BCUT2D eigenvalue weighted by Gasteiger charge is -2.38. The molecular weight excluding hydrogens is 304 g/mol. The second-order valence-corrected chi connectivity index (χ2v) is 6.62. The van der Waals surface area contributed by atoms with Crippen LogP contribution < -0.4 is 10.2 Å². The largest absolute Gasteiger partial charge is 0.494 e. The van der Waals surface area contributed by atoms with Gasteiger partial charge in [0.15, 0.2) is 5.76 Å². The van der Waals surface area contributed by atoms with Crippen LogP contribution in [0.5, 0.6) is 5.75 Å². The van der Waals surface area contributed by atoms with E-state index in [2.05, 4.69) is 24.3 Å². The first-order valence-corrected chi connectivity index (χ1v) is 8.76. The number of aryl methyl sites for hydroxylation is 1. The average molecular weight is 330 g/mol. The molecule has 1 fully saturated rings. The molecule has 0 aliphatic carbocycles. The molecule has 1 N–H and O–H groups in total. The lowest BCUT2D eigenvalue weighted by molar-refractivity contribution is 0.0352. The molecule has 0 radical (unpaired) electrons. The summed E-state index contributed by atoms with van der Waals surface area (Å²) in [6.45, 7) is 8.78. The lowest BCUT2D eigenvalue weighted by atomic mass is 10.00. The van der Waals surface area contributed by atoms with E-state index in [0.717, 1.165) is 29.5 Å². The maximum absolute atomic E-state index is 12.7. The van der Waals surface area contributed by atoms with Gasteiger partial charge >= 0.3 is 5.91 Å². The van der Waals surface area contributed by atoms with Gasteiger partial charge in [-0.05, 0) is 58.7 Å². The van der Waals surface area contributed by atoms with Gasteiger partial charge in [0.25, 0.3) is 0 Å². The molecule has 1 aliphatic heterocycles. The molecule has 0 spiro atoms. The quantitative estimate of drug-likeness (QED) is 0.919. The molecule has 0 saturated carbocycles. The second kappa shape index (κ2) is 6.85. The maximum Gasteiger partial charge on any atom is 0.301 e. The van der Waals surface area contributed by atoms with Gasteiger partial charge in [-0.1, -0.05) is 6.42 Å². The van der Waals surface area contributed by atoms with E-state index in [1.54, 1.807) is 0 Å². The van der Waals surface area contributed by atoms with E-state index in [9.17, 15) is 4.79 Å². The molecular formula is C19H26N2O3. The Morgan fingerprint density at radius 3 is 2.71 bits per heavy atom. The Kier molecular flexibility index (Phi) is 4.81. The van der Waals surface area contributed by atoms with E-state index >= 15 is 0 Å². The number of fused-ring (bicyclic) bond motifs is 1. The Morgan fingerprint density at radius 2 is 2.04 bits per heavy atom. The minimum Gasteiger partial charge on any atom is -0.494 e. The van der Waals surface area contributed by atoms with Gasteiger partial charge in [0.1, 0.15) is 11.3 Å². The van der Waals surface area contributed by atoms with Gasteiger partial charge < -0.3 is 9.15 Å². The Hall–Kier alpha value is -2.01. The van der Waals surface area contributed by atoms with Crippen molar-refractivity contribution in [1.82, 2.24) is 10.4 Å². The van der Waals surface area contributed by atoms with Gasteiger partial charge in [0, 0.05) is 23.0 Å². The number of carbonyl (C=O) groups is 1. The molecule has 24 heavy (non-hydrogen) atoms. The fourth-order valence-corrected chi connectivity index (χ4v) is 3.48. The van der Waals surface area contributed by atoms with Crippen LogP contribution in [0, 0.1) is 6.92 Å². The van der Waals surface area contributed by atoms with Crippen molar-refractivity contribution in [2.75, 3.05) is 6.61 Å². The van der Waals surface area contributed by atoms with Gasteiger partial charge in [-0.2, -0.15) is 0 Å². The smallest absolute Gasteiger partial charge is 0.301 e. The first-order valence-electron chi connectivity index (χ1n) is 8.76. The van der Waals surface area contributed by atoms with Crippen molar-refractivity contribution in [2.45, 2.75) is 59.0 Å². The van der Waals surface area contributed by atoms with Crippen molar-refractivity contribution >= 4 is 16.9 Å². The number of hydrazine groups is 1. The van der Waals surface area contributed by atoms with E-state index in [1.807, 2.05) is 32.0 Å². The molecule has 1 aromatic heterocycles. The van der Waals surface area contributed by atoms with Crippen molar-refractivity contribution in [1.29, 1.82) is 0 Å². The summed E-state index contributed by atoms with van der Waals surface area (Å²) in [6.07, 6.45) is 3.40. The summed E-state index contributed by atoms with van der Waals surface area (Å²) >= 11 is 0. The Morgan fingerprint density at radius 1 is 1.33 bits per heavy atom. The summed E-state index contributed by atoms with van der Waals surface area (Å²) in [6, 6.07) is 6.33. The molecule has 2 heterocycles. The molecule has 1 aliphatic rings. The number of carbonyl (C=O) groups excluding carboxylic acids is 1. The topological polar surface area (TPSA) is 54.7 Å². The van der Waals surface area contributed by atoms with Crippen molar-refractivity contribution in [3.63, 3.8) is 0 Å². The number of ether oxygens (including phenoxy) is 1. The molecule has 2 atom stereocenters. The highest BCUT2D eigenvalue weighted by molar-refractivity contribution is 5.99. The number of nitrogens with one attached hydrogen (secondary N) is 1. The van der Waals surface area contributed by atoms with Crippen LogP contribution in [-0.2, 0) is 0 Å². The Bertz CT molecular complexity index is 728. The SMILES string of the molecule is CCOc1ccc2oc(C(=O)NN3[C@H](C)CCC[C@H]3C)c(C)c2c1. The summed E-state index contributed by atoms with van der Waals surface area (Å²) in [5.74, 6) is 0.991. The predicted octanol–water partition coefficient (Wildman–Crippen LogP) is 4.05. The van der Waals surface area contributed by atoms with Crippen LogP contribution in [-0.4, -0.2) is 29.6 Å². The first kappa shape index (κ1) is 16.8. The van der Waals surface area contributed by atoms with Crippen molar-refractivity contribution in [3.8, 4) is 5.75 Å². The number of piperidine rings is 1. The van der Waals surface area contributed by atoms with Crippen LogP contribution in [0.3, 0.4) is 0 Å². The van der Waals surface area contributed by atoms with Crippen molar-refractivity contribution in [3.05, 3.63) is 29.5 Å². The van der Waals surface area contributed by atoms with E-state index in [1.165, 1.54) is 6.42 Å². The highest BCUT2D eigenvalue weighted by Crippen LogP contribution is 2.29. The predicted molar refractivity (Wildman–Crippen MR) is 94.2 cm³/mol. The molecule has 1 saturated heterocycles. The Balaban J connectivity index is 1.85. The zero-order chi connectivity index (χ0) is 17.3. The molecule has 1 aromatic carbocycles. The number of amides is 1. The number of hydrogen-bond donors (Lipinski definition) is 1. The zero-order valence-electron chi connectivity index (χ0n) is 14.9. The number of hydrogen-bond acceptors (Lipinski definition) is 4. The van der Waals surface area contributed by atoms with Gasteiger partial charge in [-0.15, -0.1) is 0 Å². The van der Waals surface area contributed by atoms with E-state index < -0.39 is 0 Å². The number of nitrogens with zero attached hydrogens (tertiary/aromatic N) is 1. The van der Waals surface area contributed by atoms with Gasteiger partial charge in [0.05, 0.1) is 6.61 Å². The zero-order valence-corrected chi connectivity index (χ0v) is 14.9. The molecule has 130 valence electrons. The molecule has 0 unspecified atom stereocenters. The molecule has 2 aromatic rings. The van der Waals surface area contributed by atoms with E-state index in [-0.39, 0.29) is 5.91 Å². The average Bonchev–Trinajstić information content (AvgIpc) is 2.88. The minimum atomic E-state index is -0.178. The molecule has 0 bridgehead atoms. The Labute approximate surface area is 142 Å². The van der Waals surface area contributed by atoms with E-state index in [0.29, 0.717) is 30.0 Å². The van der Waals surface area contributed by atoms with Crippen LogP contribution >= 0.6 is 0 Å². The minimum absolute atomic E-state index is 0.178. The molecule has 3 rings (SSSR count). The van der Waals surface area contributed by atoms with Crippen LogP contribution in [0.4, 0.5) is 0 Å². The number of benzene rings is 1. The highest BCUT2D eigenvalue weighted by atomic mass is 16.5. The summed E-state index contributed by atoms with van der Waals surface area (Å²) in [5.41, 5.74) is 4.60. The third kappa shape index (κ3) is 3.13. The number of furan rings is 1. The lowest BCUT2D eigenvalue weighted by Crippen LogP contribution is -2.54. The van der Waals surface area contributed by atoms with Crippen molar-refractivity contribution in [2.24, 2.45) is 0 Å². The second-order valence-electron chi connectivity index (χ2n) is 6.62. The highest BCUT2D eigenvalue weighted by Gasteiger charge is 2.28. The third-order valence-electron chi connectivity index (χ3n) is 4.85. The standard InChI is InChI=1S/C19H26N2O3/c1-5-23-15-9-10-17-16(11-15)14(4)18(24-17)19(22)20-21-12(2)7-6-8-13(21)3/h9-13H,5-8H2,1-4H3,(H,20,22)/t12-,13-/m1/s1. The van der Waals surface area contributed by atoms with Gasteiger partial charge in [-0.25, -0.2) is 5.01 Å². The summed E-state index contributed by atoms with van der Waals surface area (Å²) < 4.78 is 11.3. The molecule has 5 nitrogen and oxygen atoms in total. The molecule has 5 heteroatoms. The monoisotopic (exact) mass is 330 g/mol. The fourth-order valence-electron chi connectivity index (χ4n) is 3.48.